The summed E-state index contributed by atoms with van der Waals surface area (Å²) in [5, 5.41) is 9.14. The number of nitrogens with zero attached hydrogens (tertiary/aromatic N) is 3. The van der Waals surface area contributed by atoms with Crippen LogP contribution in [0, 0.1) is 23.0 Å². The summed E-state index contributed by atoms with van der Waals surface area (Å²) in [6, 6.07) is 5.25. The molecule has 0 spiro atoms. The highest BCUT2D eigenvalue weighted by atomic mass is 19.1. The monoisotopic (exact) mass is 261 g/mol. The van der Waals surface area contributed by atoms with E-state index in [0.717, 1.165) is 12.1 Å². The molecule has 0 radical (unpaired) electrons. The Morgan fingerprint density at radius 3 is 2.68 bits per heavy atom. The van der Waals surface area contributed by atoms with E-state index in [-0.39, 0.29) is 11.3 Å². The van der Waals surface area contributed by atoms with Crippen molar-refractivity contribution in [2.45, 2.75) is 5.92 Å². The molecule has 4 nitrogen and oxygen atoms in total. The van der Waals surface area contributed by atoms with Gasteiger partial charge in [-0.1, -0.05) is 0 Å². The van der Waals surface area contributed by atoms with Gasteiger partial charge in [0.25, 0.3) is 0 Å². The second-order valence-corrected chi connectivity index (χ2v) is 3.70. The third-order valence-corrected chi connectivity index (χ3v) is 2.61. The zero-order valence-corrected chi connectivity index (χ0v) is 9.97. The van der Waals surface area contributed by atoms with Crippen LogP contribution < -0.4 is 4.74 Å². The van der Waals surface area contributed by atoms with Gasteiger partial charge < -0.3 is 4.74 Å². The van der Waals surface area contributed by atoms with E-state index in [1.807, 2.05) is 6.07 Å². The molecule has 1 atom stereocenters. The molecule has 1 aromatic heterocycles. The first-order chi connectivity index (χ1) is 9.17. The Bertz CT molecular complexity index is 626. The third-order valence-electron chi connectivity index (χ3n) is 2.61. The minimum Gasteiger partial charge on any atom is -0.494 e. The van der Waals surface area contributed by atoms with Crippen molar-refractivity contribution in [2.24, 2.45) is 0 Å². The molecule has 0 aliphatic rings. The number of methoxy groups -OCH3 is 1. The maximum Gasteiger partial charge on any atom is 0.165 e. The number of ether oxygens (including phenoxy) is 1. The quantitative estimate of drug-likeness (QED) is 0.851. The Labute approximate surface area is 108 Å². The Hall–Kier alpha value is -2.55. The lowest BCUT2D eigenvalue weighted by Gasteiger charge is -2.11. The van der Waals surface area contributed by atoms with Gasteiger partial charge in [0.05, 0.1) is 18.9 Å². The van der Waals surface area contributed by atoms with Gasteiger partial charge in [0.2, 0.25) is 0 Å². The maximum atomic E-state index is 13.9. The fraction of sp³-hybridized carbons (Fsp3) is 0.154. The maximum absolute atomic E-state index is 13.9. The van der Waals surface area contributed by atoms with Crippen molar-refractivity contribution in [2.75, 3.05) is 7.11 Å². The highest BCUT2D eigenvalue weighted by molar-refractivity contribution is 5.39. The molecule has 0 saturated carbocycles. The van der Waals surface area contributed by atoms with Crippen LogP contribution in [0.3, 0.4) is 0 Å². The number of nitriles is 1. The van der Waals surface area contributed by atoms with E-state index in [1.165, 1.54) is 25.7 Å². The summed E-state index contributed by atoms with van der Waals surface area (Å²) >= 11 is 0. The molecule has 19 heavy (non-hydrogen) atoms. The second kappa shape index (κ2) is 5.40. The summed E-state index contributed by atoms with van der Waals surface area (Å²) < 4.78 is 32.2. The zero-order valence-electron chi connectivity index (χ0n) is 9.97. The van der Waals surface area contributed by atoms with Gasteiger partial charge in [-0.05, 0) is 12.1 Å². The molecule has 0 amide bonds. The van der Waals surface area contributed by atoms with Crippen LogP contribution in [0.15, 0.2) is 30.7 Å². The van der Waals surface area contributed by atoms with Crippen molar-refractivity contribution in [3.05, 3.63) is 53.6 Å². The van der Waals surface area contributed by atoms with Crippen molar-refractivity contribution in [1.82, 2.24) is 9.97 Å². The van der Waals surface area contributed by atoms with E-state index < -0.39 is 17.6 Å². The first-order valence-electron chi connectivity index (χ1n) is 5.35. The fourth-order valence-electron chi connectivity index (χ4n) is 1.69. The van der Waals surface area contributed by atoms with E-state index in [0.29, 0.717) is 5.69 Å². The summed E-state index contributed by atoms with van der Waals surface area (Å²) in [6.07, 6.45) is 2.68. The predicted octanol–water partition coefficient (Wildman–Crippen LogP) is 2.42. The molecule has 96 valence electrons. The first kappa shape index (κ1) is 12.9. The van der Waals surface area contributed by atoms with Crippen molar-refractivity contribution >= 4 is 0 Å². The van der Waals surface area contributed by atoms with Gasteiger partial charge in [0.1, 0.15) is 18.1 Å². The standard InChI is InChI=1S/C13H9F2N3O/c1-19-13-5-10(14)8(4-11(13)15)9(6-16)12-2-3-17-7-18-12/h2-5,7,9H,1H3. The molecule has 0 N–H and O–H groups in total. The van der Waals surface area contributed by atoms with Crippen LogP contribution in [0.4, 0.5) is 8.78 Å². The van der Waals surface area contributed by atoms with E-state index in [1.54, 1.807) is 0 Å². The van der Waals surface area contributed by atoms with Gasteiger partial charge in [-0.3, -0.25) is 0 Å². The lowest BCUT2D eigenvalue weighted by atomic mass is 9.96. The van der Waals surface area contributed by atoms with Gasteiger partial charge >= 0.3 is 0 Å². The second-order valence-electron chi connectivity index (χ2n) is 3.70. The minimum atomic E-state index is -0.997. The number of hydrogen-bond acceptors (Lipinski definition) is 4. The van der Waals surface area contributed by atoms with E-state index in [4.69, 9.17) is 5.26 Å². The Morgan fingerprint density at radius 2 is 2.11 bits per heavy atom. The van der Waals surface area contributed by atoms with Crippen LogP contribution in [0.25, 0.3) is 0 Å². The molecular weight excluding hydrogens is 252 g/mol. The molecule has 6 heteroatoms. The first-order valence-corrected chi connectivity index (χ1v) is 5.35. The van der Waals surface area contributed by atoms with Crippen LogP contribution in [-0.2, 0) is 0 Å². The fourth-order valence-corrected chi connectivity index (χ4v) is 1.69. The number of hydrogen-bond donors (Lipinski definition) is 0. The van der Waals surface area contributed by atoms with Crippen LogP contribution in [-0.4, -0.2) is 17.1 Å². The highest BCUT2D eigenvalue weighted by Crippen LogP contribution is 2.29. The Balaban J connectivity index is 2.51. The Morgan fingerprint density at radius 1 is 1.32 bits per heavy atom. The molecule has 2 rings (SSSR count). The van der Waals surface area contributed by atoms with Crippen molar-refractivity contribution < 1.29 is 13.5 Å². The summed E-state index contributed by atoms with van der Waals surface area (Å²) in [6.45, 7) is 0. The number of benzene rings is 1. The molecule has 0 fully saturated rings. The third kappa shape index (κ3) is 2.50. The molecule has 1 aromatic carbocycles. The average molecular weight is 261 g/mol. The van der Waals surface area contributed by atoms with Crippen LogP contribution in [0.1, 0.15) is 17.2 Å². The predicted molar refractivity (Wildman–Crippen MR) is 62.4 cm³/mol. The van der Waals surface area contributed by atoms with Gasteiger partial charge in [-0.15, -0.1) is 0 Å². The lowest BCUT2D eigenvalue weighted by Crippen LogP contribution is -2.05. The van der Waals surface area contributed by atoms with Crippen molar-refractivity contribution in [3.63, 3.8) is 0 Å². The summed E-state index contributed by atoms with van der Waals surface area (Å²) in [7, 11) is 1.24. The normalized spacial score (nSPS) is 11.7. The molecule has 0 bridgehead atoms. The number of aromatic nitrogens is 2. The Kier molecular flexibility index (Phi) is 3.66. The minimum absolute atomic E-state index is 0.0838. The molecular formula is C13H9F2N3O. The van der Waals surface area contributed by atoms with Gasteiger partial charge in [0, 0.05) is 17.8 Å². The summed E-state index contributed by atoms with van der Waals surface area (Å²) in [5.74, 6) is -2.65. The van der Waals surface area contributed by atoms with E-state index in [2.05, 4.69) is 14.7 Å². The van der Waals surface area contributed by atoms with Crippen molar-refractivity contribution in [1.29, 1.82) is 5.26 Å². The van der Waals surface area contributed by atoms with Crippen LogP contribution in [0.5, 0.6) is 5.75 Å². The van der Waals surface area contributed by atoms with Gasteiger partial charge in [-0.25, -0.2) is 18.7 Å². The summed E-state index contributed by atoms with van der Waals surface area (Å²) in [5.41, 5.74) is 0.223. The number of rotatable bonds is 3. The van der Waals surface area contributed by atoms with Crippen LogP contribution in [0.2, 0.25) is 0 Å². The largest absolute Gasteiger partial charge is 0.494 e. The number of halogens is 2. The highest BCUT2D eigenvalue weighted by Gasteiger charge is 2.21. The molecule has 0 saturated heterocycles. The molecule has 2 aromatic rings. The topological polar surface area (TPSA) is 58.8 Å². The smallest absolute Gasteiger partial charge is 0.165 e. The summed E-state index contributed by atoms with van der Waals surface area (Å²) in [4.78, 5) is 7.60. The SMILES string of the molecule is COc1cc(F)c(C(C#N)c2ccncn2)cc1F. The molecule has 1 heterocycles. The lowest BCUT2D eigenvalue weighted by molar-refractivity contribution is 0.381. The van der Waals surface area contributed by atoms with Gasteiger partial charge in [0.15, 0.2) is 11.6 Å². The van der Waals surface area contributed by atoms with Gasteiger partial charge in [-0.2, -0.15) is 5.26 Å². The van der Waals surface area contributed by atoms with E-state index in [9.17, 15) is 8.78 Å². The zero-order chi connectivity index (χ0) is 13.8. The van der Waals surface area contributed by atoms with Crippen molar-refractivity contribution in [3.8, 4) is 11.8 Å². The average Bonchev–Trinajstić information content (AvgIpc) is 2.44. The van der Waals surface area contributed by atoms with Crippen LogP contribution >= 0.6 is 0 Å². The molecule has 1 unspecified atom stereocenters. The van der Waals surface area contributed by atoms with E-state index >= 15 is 0 Å². The molecule has 0 aliphatic carbocycles. The molecule has 0 aliphatic heterocycles.